The minimum absolute atomic E-state index is 0.0388. The molecule has 2 aliphatic rings. The lowest BCUT2D eigenvalue weighted by Gasteiger charge is -2.52. The number of hydrogen-bond donors (Lipinski definition) is 1. The third-order valence-corrected chi connectivity index (χ3v) is 5.35. The Labute approximate surface area is 152 Å². The summed E-state index contributed by atoms with van der Waals surface area (Å²) in [6.45, 7) is 6.39. The minimum atomic E-state index is -0.600. The van der Waals surface area contributed by atoms with Crippen LogP contribution in [0, 0.1) is 5.82 Å². The van der Waals surface area contributed by atoms with Gasteiger partial charge in [-0.3, -0.25) is 4.90 Å². The summed E-state index contributed by atoms with van der Waals surface area (Å²) < 4.78 is 19.9. The largest absolute Gasteiger partial charge is 0.467 e. The van der Waals surface area contributed by atoms with E-state index in [1.165, 1.54) is 17.7 Å². The first-order valence-corrected chi connectivity index (χ1v) is 8.97. The highest BCUT2D eigenvalue weighted by Crippen LogP contribution is 2.45. The number of halogens is 1. The molecule has 130 valence electrons. The van der Waals surface area contributed by atoms with Crippen LogP contribution in [0.5, 0.6) is 5.75 Å². The molecular weight excluding hydrogens is 335 g/mol. The average Bonchev–Trinajstić information content (AvgIpc) is 2.55. The Hall–Kier alpha value is -2.14. The van der Waals surface area contributed by atoms with Gasteiger partial charge in [-0.1, -0.05) is 26.0 Å². The van der Waals surface area contributed by atoms with Crippen LogP contribution in [0.2, 0.25) is 0 Å². The van der Waals surface area contributed by atoms with Crippen LogP contribution < -0.4 is 15.0 Å². The summed E-state index contributed by atoms with van der Waals surface area (Å²) in [6, 6.07) is 13.0. The van der Waals surface area contributed by atoms with Crippen LogP contribution in [-0.4, -0.2) is 10.8 Å². The van der Waals surface area contributed by atoms with Crippen LogP contribution in [-0.2, 0) is 0 Å². The predicted octanol–water partition coefficient (Wildman–Crippen LogP) is 4.88. The van der Waals surface area contributed by atoms with Crippen LogP contribution in [0.15, 0.2) is 42.5 Å². The average molecular weight is 356 g/mol. The molecule has 2 aliphatic heterocycles. The second-order valence-electron chi connectivity index (χ2n) is 7.25. The van der Waals surface area contributed by atoms with Crippen molar-refractivity contribution >= 4 is 23.0 Å². The van der Waals surface area contributed by atoms with Gasteiger partial charge in [-0.25, -0.2) is 4.39 Å². The van der Waals surface area contributed by atoms with Gasteiger partial charge in [0, 0.05) is 17.7 Å². The van der Waals surface area contributed by atoms with E-state index < -0.39 is 5.72 Å². The monoisotopic (exact) mass is 356 g/mol. The smallest absolute Gasteiger partial charge is 0.188 e. The zero-order chi connectivity index (χ0) is 17.8. The van der Waals surface area contributed by atoms with Crippen molar-refractivity contribution in [3.8, 4) is 5.75 Å². The molecular formula is C20H21FN2OS. The van der Waals surface area contributed by atoms with Crippen LogP contribution in [0.3, 0.4) is 0 Å². The lowest BCUT2D eigenvalue weighted by Crippen LogP contribution is -2.65. The molecule has 1 saturated heterocycles. The number of hydrogen-bond acceptors (Lipinski definition) is 2. The molecule has 0 aromatic heterocycles. The van der Waals surface area contributed by atoms with E-state index in [9.17, 15) is 4.39 Å². The second kappa shape index (κ2) is 5.70. The molecule has 0 saturated carbocycles. The first-order valence-electron chi connectivity index (χ1n) is 8.56. The number of nitrogens with one attached hydrogen (secondary N) is 1. The summed E-state index contributed by atoms with van der Waals surface area (Å²) in [5.41, 5.74) is 2.51. The highest BCUT2D eigenvalue weighted by Gasteiger charge is 2.48. The van der Waals surface area contributed by atoms with Crippen molar-refractivity contribution in [2.45, 2.75) is 44.9 Å². The van der Waals surface area contributed by atoms with Crippen LogP contribution in [0.1, 0.15) is 50.3 Å². The van der Waals surface area contributed by atoms with Gasteiger partial charge in [-0.05, 0) is 61.0 Å². The molecule has 0 spiro atoms. The van der Waals surface area contributed by atoms with Crippen molar-refractivity contribution in [1.82, 2.24) is 5.32 Å². The van der Waals surface area contributed by atoms with E-state index >= 15 is 0 Å². The van der Waals surface area contributed by atoms with Crippen LogP contribution in [0.4, 0.5) is 10.1 Å². The quantitative estimate of drug-likeness (QED) is 0.775. The molecule has 2 aromatic rings. The highest BCUT2D eigenvalue weighted by molar-refractivity contribution is 7.80. The van der Waals surface area contributed by atoms with E-state index in [0.29, 0.717) is 23.2 Å². The molecule has 0 amide bonds. The normalized spacial score (nSPS) is 24.6. The minimum Gasteiger partial charge on any atom is -0.467 e. The number of rotatable bonds is 2. The Morgan fingerprint density at radius 1 is 1.24 bits per heavy atom. The zero-order valence-corrected chi connectivity index (χ0v) is 15.4. The van der Waals surface area contributed by atoms with Gasteiger partial charge in [0.25, 0.3) is 0 Å². The molecule has 4 rings (SSSR count). The third-order valence-electron chi connectivity index (χ3n) is 5.05. The third kappa shape index (κ3) is 2.67. The fourth-order valence-corrected chi connectivity index (χ4v) is 4.19. The van der Waals surface area contributed by atoms with E-state index in [-0.39, 0.29) is 11.9 Å². The fourth-order valence-electron chi connectivity index (χ4n) is 3.74. The van der Waals surface area contributed by atoms with Gasteiger partial charge in [-0.2, -0.15) is 0 Å². The maximum Gasteiger partial charge on any atom is 0.188 e. The van der Waals surface area contributed by atoms with E-state index in [1.807, 2.05) is 11.8 Å². The summed E-state index contributed by atoms with van der Waals surface area (Å²) >= 11 is 5.62. The van der Waals surface area contributed by atoms with Gasteiger partial charge in [-0.15, -0.1) is 0 Å². The molecule has 0 aliphatic carbocycles. The van der Waals surface area contributed by atoms with Crippen LogP contribution >= 0.6 is 12.2 Å². The number of ether oxygens (including phenoxy) is 1. The lowest BCUT2D eigenvalue weighted by atomic mass is 9.90. The number of benzene rings is 2. The summed E-state index contributed by atoms with van der Waals surface area (Å²) in [5.74, 6) is 0.928. The molecule has 25 heavy (non-hydrogen) atoms. The number of nitrogens with zero attached hydrogens (tertiary/aromatic N) is 1. The van der Waals surface area contributed by atoms with Crippen molar-refractivity contribution < 1.29 is 9.13 Å². The molecule has 3 nitrogen and oxygen atoms in total. The molecule has 1 N–H and O–H groups in total. The van der Waals surface area contributed by atoms with Crippen molar-refractivity contribution in [3.63, 3.8) is 0 Å². The van der Waals surface area contributed by atoms with Gasteiger partial charge in [0.1, 0.15) is 11.6 Å². The first kappa shape index (κ1) is 16.3. The Morgan fingerprint density at radius 2 is 1.96 bits per heavy atom. The van der Waals surface area contributed by atoms with Gasteiger partial charge < -0.3 is 10.1 Å². The van der Waals surface area contributed by atoms with Crippen molar-refractivity contribution in [3.05, 3.63) is 59.4 Å². The molecule has 2 heterocycles. The maximum atomic E-state index is 13.6. The summed E-state index contributed by atoms with van der Waals surface area (Å²) in [6.07, 6.45) is 0.690. The molecule has 2 atom stereocenters. The van der Waals surface area contributed by atoms with Gasteiger partial charge in [0.2, 0.25) is 0 Å². The molecule has 2 aromatic carbocycles. The molecule has 0 unspecified atom stereocenters. The SMILES string of the molecule is CC(C)c1ccc(N2C(=S)N[C@@H]3C[C@]2(C)Oc2ccc(F)cc23)cc1. The summed E-state index contributed by atoms with van der Waals surface area (Å²) in [4.78, 5) is 2.02. The van der Waals surface area contributed by atoms with Crippen LogP contribution in [0.25, 0.3) is 0 Å². The molecule has 1 fully saturated rings. The second-order valence-corrected chi connectivity index (χ2v) is 7.63. The van der Waals surface area contributed by atoms with E-state index in [4.69, 9.17) is 17.0 Å². The Balaban J connectivity index is 1.73. The van der Waals surface area contributed by atoms with Gasteiger partial charge in [0.05, 0.1) is 6.04 Å². The van der Waals surface area contributed by atoms with Crippen molar-refractivity contribution in [2.75, 3.05) is 4.90 Å². The maximum absolute atomic E-state index is 13.6. The van der Waals surface area contributed by atoms with E-state index in [1.54, 1.807) is 6.07 Å². The zero-order valence-electron chi connectivity index (χ0n) is 14.5. The summed E-state index contributed by atoms with van der Waals surface area (Å²) in [7, 11) is 0. The standard InChI is InChI=1S/C20H21FN2OS/c1-12(2)13-4-7-15(8-5-13)23-19(25)22-17-11-20(23,3)24-18-9-6-14(21)10-16(17)18/h4-10,12,17H,11H2,1-3H3,(H,22,25)/t17-,20+/m1/s1. The van der Waals surface area contributed by atoms with Gasteiger partial charge in [0.15, 0.2) is 10.8 Å². The van der Waals surface area contributed by atoms with Gasteiger partial charge >= 0.3 is 0 Å². The molecule has 0 radical (unpaired) electrons. The Bertz CT molecular complexity index is 836. The first-order chi connectivity index (χ1) is 11.9. The lowest BCUT2D eigenvalue weighted by molar-refractivity contribution is 0.0495. The van der Waals surface area contributed by atoms with E-state index in [2.05, 4.69) is 43.4 Å². The number of thiocarbonyl (C=S) groups is 1. The summed E-state index contributed by atoms with van der Waals surface area (Å²) in [5, 5.41) is 3.96. The Kier molecular flexibility index (Phi) is 3.72. The fraction of sp³-hybridized carbons (Fsp3) is 0.350. The van der Waals surface area contributed by atoms with E-state index in [0.717, 1.165) is 11.3 Å². The van der Waals surface area contributed by atoms with Crippen molar-refractivity contribution in [2.24, 2.45) is 0 Å². The Morgan fingerprint density at radius 3 is 2.64 bits per heavy atom. The highest BCUT2D eigenvalue weighted by atomic mass is 32.1. The van der Waals surface area contributed by atoms with Crippen molar-refractivity contribution in [1.29, 1.82) is 0 Å². The topological polar surface area (TPSA) is 24.5 Å². The molecule has 5 heteroatoms. The molecule has 2 bridgehead atoms. The predicted molar refractivity (Wildman–Crippen MR) is 102 cm³/mol. The number of fused-ring (bicyclic) bond motifs is 4. The number of anilines is 1.